The molecule has 0 saturated heterocycles. The highest BCUT2D eigenvalue weighted by atomic mass is 32.1. The van der Waals surface area contributed by atoms with Gasteiger partial charge in [-0.2, -0.15) is 0 Å². The predicted octanol–water partition coefficient (Wildman–Crippen LogP) is 8.56. The maximum absolute atomic E-state index is 14.4. The zero-order valence-corrected chi connectivity index (χ0v) is 28.9. The smallest absolute Gasteiger partial charge is 0.347 e. The van der Waals surface area contributed by atoms with Crippen LogP contribution < -0.4 is 10.5 Å². The number of nitrogens with zero attached hydrogens (tertiary/aromatic N) is 3. The summed E-state index contributed by atoms with van der Waals surface area (Å²) >= 11 is 1.42. The van der Waals surface area contributed by atoms with Crippen LogP contribution in [-0.4, -0.2) is 53.5 Å². The van der Waals surface area contributed by atoms with Gasteiger partial charge in [-0.3, -0.25) is 9.59 Å². The summed E-state index contributed by atoms with van der Waals surface area (Å²) in [6, 6.07) is 21.1. The average molecular weight is 654 g/mol. The van der Waals surface area contributed by atoms with Crippen LogP contribution in [0.5, 0.6) is 0 Å². The van der Waals surface area contributed by atoms with Gasteiger partial charge in [0.05, 0.1) is 10.2 Å². The molecule has 0 radical (unpaired) electrons. The number of fused-ring (bicyclic) bond motifs is 2. The molecule has 5 aromatic rings. The molecule has 246 valence electrons. The number of hydrogen-bond acceptors (Lipinski definition) is 8. The number of hydrogen-bond donors (Lipinski definition) is 0. The summed E-state index contributed by atoms with van der Waals surface area (Å²) in [5.74, 6) is -0.447. The Morgan fingerprint density at radius 2 is 1.64 bits per heavy atom. The molecule has 9 heteroatoms. The molecule has 0 bridgehead atoms. The second-order valence-corrected chi connectivity index (χ2v) is 13.5. The van der Waals surface area contributed by atoms with Gasteiger partial charge in [-0.1, -0.05) is 37.3 Å². The van der Waals surface area contributed by atoms with Gasteiger partial charge >= 0.3 is 11.6 Å². The van der Waals surface area contributed by atoms with Crippen LogP contribution in [0.25, 0.3) is 42.9 Å². The minimum absolute atomic E-state index is 0.164. The molecule has 0 aliphatic heterocycles. The number of anilines is 1. The molecule has 8 nitrogen and oxygen atoms in total. The number of carbonyl (C=O) groups is 2. The van der Waals surface area contributed by atoms with E-state index >= 15 is 0 Å². The van der Waals surface area contributed by atoms with Gasteiger partial charge in [0.15, 0.2) is 0 Å². The van der Waals surface area contributed by atoms with E-state index in [0.29, 0.717) is 52.4 Å². The van der Waals surface area contributed by atoms with Crippen molar-refractivity contribution in [2.75, 3.05) is 31.1 Å². The maximum Gasteiger partial charge on any atom is 0.347 e. The highest BCUT2D eigenvalue weighted by molar-refractivity contribution is 7.21. The van der Waals surface area contributed by atoms with Crippen molar-refractivity contribution in [1.29, 1.82) is 0 Å². The standard InChI is InChI=1S/C38H43N3O5S/c1-7-22-41(23-14-19-32(42)46-38(4,5)6)36(43)27-16-11-10-15-26(27)33-28-21-20-25(40(8-2)9-3)24-30(28)45-37(44)34(33)35-39-29-17-12-13-18-31(29)47-35/h10-13,15-18,20-21,24H,7-9,14,19,22-23H2,1-6H3. The minimum Gasteiger partial charge on any atom is -0.460 e. The van der Waals surface area contributed by atoms with Crippen molar-refractivity contribution in [3.8, 4) is 21.7 Å². The molecule has 3 aromatic carbocycles. The molecule has 0 saturated carbocycles. The fraction of sp³-hybridized carbons (Fsp3) is 0.368. The zero-order chi connectivity index (χ0) is 33.7. The first-order chi connectivity index (χ1) is 22.5. The summed E-state index contributed by atoms with van der Waals surface area (Å²) in [6.45, 7) is 14.3. The van der Waals surface area contributed by atoms with E-state index in [1.807, 2.05) is 88.4 Å². The Labute approximate surface area is 280 Å². The lowest BCUT2D eigenvalue weighted by Gasteiger charge is -2.25. The first-order valence-corrected chi connectivity index (χ1v) is 17.2. The summed E-state index contributed by atoms with van der Waals surface area (Å²) in [6.07, 6.45) is 1.45. The summed E-state index contributed by atoms with van der Waals surface area (Å²) < 4.78 is 12.5. The summed E-state index contributed by atoms with van der Waals surface area (Å²) in [4.78, 5) is 49.6. The molecule has 0 aliphatic rings. The maximum atomic E-state index is 14.4. The number of para-hydroxylation sites is 1. The first kappa shape index (κ1) is 33.9. The Kier molecular flexibility index (Phi) is 10.4. The van der Waals surface area contributed by atoms with E-state index in [9.17, 15) is 14.4 Å². The third kappa shape index (κ3) is 7.57. The lowest BCUT2D eigenvalue weighted by Crippen LogP contribution is -2.33. The van der Waals surface area contributed by atoms with Crippen LogP contribution in [0.1, 0.15) is 71.2 Å². The van der Waals surface area contributed by atoms with Gasteiger partial charge in [-0.25, -0.2) is 9.78 Å². The molecule has 5 rings (SSSR count). The van der Waals surface area contributed by atoms with Crippen molar-refractivity contribution in [2.24, 2.45) is 0 Å². The van der Waals surface area contributed by atoms with Crippen molar-refractivity contribution < 1.29 is 18.7 Å². The van der Waals surface area contributed by atoms with E-state index < -0.39 is 11.2 Å². The number of amides is 1. The fourth-order valence-corrected chi connectivity index (χ4v) is 6.88. The quantitative estimate of drug-likeness (QED) is 0.0984. The first-order valence-electron chi connectivity index (χ1n) is 16.4. The van der Waals surface area contributed by atoms with Crippen LogP contribution in [-0.2, 0) is 9.53 Å². The number of benzene rings is 3. The molecule has 0 fully saturated rings. The molecule has 2 heterocycles. The molecule has 0 unspecified atom stereocenters. The van der Waals surface area contributed by atoms with Gasteiger partial charge in [0.1, 0.15) is 21.8 Å². The third-order valence-electron chi connectivity index (χ3n) is 7.96. The zero-order valence-electron chi connectivity index (χ0n) is 28.1. The Balaban J connectivity index is 1.65. The molecule has 0 spiro atoms. The topological polar surface area (TPSA) is 92.9 Å². The minimum atomic E-state index is -0.562. The fourth-order valence-electron chi connectivity index (χ4n) is 5.88. The Morgan fingerprint density at radius 1 is 0.915 bits per heavy atom. The number of ether oxygens (including phenoxy) is 1. The van der Waals surface area contributed by atoms with Gasteiger partial charge < -0.3 is 19.0 Å². The lowest BCUT2D eigenvalue weighted by atomic mass is 9.92. The number of thiazole rings is 1. The van der Waals surface area contributed by atoms with E-state index in [1.165, 1.54) is 11.3 Å². The molecular formula is C38H43N3O5S. The second kappa shape index (κ2) is 14.5. The highest BCUT2D eigenvalue weighted by Crippen LogP contribution is 2.41. The van der Waals surface area contributed by atoms with Crippen LogP contribution in [0.2, 0.25) is 0 Å². The van der Waals surface area contributed by atoms with Gasteiger partial charge in [-0.15, -0.1) is 11.3 Å². The Morgan fingerprint density at radius 3 is 2.34 bits per heavy atom. The van der Waals surface area contributed by atoms with E-state index in [-0.39, 0.29) is 18.3 Å². The van der Waals surface area contributed by atoms with Crippen molar-refractivity contribution in [3.05, 3.63) is 82.7 Å². The summed E-state index contributed by atoms with van der Waals surface area (Å²) in [5, 5.41) is 1.26. The van der Waals surface area contributed by atoms with E-state index in [1.54, 1.807) is 11.0 Å². The monoisotopic (exact) mass is 653 g/mol. The number of carbonyl (C=O) groups excluding carboxylic acids is 2. The molecule has 2 aromatic heterocycles. The number of esters is 1. The lowest BCUT2D eigenvalue weighted by molar-refractivity contribution is -0.154. The molecule has 0 N–H and O–H groups in total. The highest BCUT2D eigenvalue weighted by Gasteiger charge is 2.27. The molecule has 0 atom stereocenters. The van der Waals surface area contributed by atoms with Crippen LogP contribution in [0, 0.1) is 0 Å². The SMILES string of the molecule is CCCN(CCCC(=O)OC(C)(C)C)C(=O)c1ccccc1-c1c(-c2nc3ccccc3s2)c(=O)oc2cc(N(CC)CC)ccc12. The molecule has 0 aliphatic carbocycles. The van der Waals surface area contributed by atoms with Crippen LogP contribution in [0.15, 0.2) is 75.9 Å². The largest absolute Gasteiger partial charge is 0.460 e. The number of rotatable bonds is 12. The second-order valence-electron chi connectivity index (χ2n) is 12.5. The van der Waals surface area contributed by atoms with Gasteiger partial charge in [0.2, 0.25) is 0 Å². The van der Waals surface area contributed by atoms with E-state index in [0.717, 1.165) is 40.8 Å². The Bertz CT molecular complexity index is 1920. The van der Waals surface area contributed by atoms with Gasteiger partial charge in [0.25, 0.3) is 5.91 Å². The number of aromatic nitrogens is 1. The molecular weight excluding hydrogens is 611 g/mol. The molecule has 1 amide bonds. The predicted molar refractivity (Wildman–Crippen MR) is 191 cm³/mol. The summed E-state index contributed by atoms with van der Waals surface area (Å²) in [5.41, 5.74) is 3.18. The third-order valence-corrected chi connectivity index (χ3v) is 9.02. The van der Waals surface area contributed by atoms with E-state index in [4.69, 9.17) is 14.1 Å². The van der Waals surface area contributed by atoms with Crippen molar-refractivity contribution >= 4 is 50.1 Å². The van der Waals surface area contributed by atoms with Crippen LogP contribution in [0.3, 0.4) is 0 Å². The van der Waals surface area contributed by atoms with Crippen molar-refractivity contribution in [1.82, 2.24) is 9.88 Å². The Hall–Kier alpha value is -4.50. The average Bonchev–Trinajstić information content (AvgIpc) is 3.47. The van der Waals surface area contributed by atoms with E-state index in [2.05, 4.69) is 18.7 Å². The summed E-state index contributed by atoms with van der Waals surface area (Å²) in [7, 11) is 0. The van der Waals surface area contributed by atoms with Crippen molar-refractivity contribution in [2.45, 2.75) is 66.4 Å². The van der Waals surface area contributed by atoms with Gasteiger partial charge in [0, 0.05) is 60.9 Å². The van der Waals surface area contributed by atoms with Crippen molar-refractivity contribution in [3.63, 3.8) is 0 Å². The van der Waals surface area contributed by atoms with Gasteiger partial charge in [-0.05, 0) is 83.4 Å². The molecule has 47 heavy (non-hydrogen) atoms. The van der Waals surface area contributed by atoms with Crippen LogP contribution >= 0.6 is 11.3 Å². The van der Waals surface area contributed by atoms with Crippen LogP contribution in [0.4, 0.5) is 5.69 Å². The normalized spacial score (nSPS) is 11.6.